The molecule has 0 aromatic heterocycles. The highest BCUT2D eigenvalue weighted by atomic mass is 19.4. The van der Waals surface area contributed by atoms with Gasteiger partial charge in [0.05, 0.1) is 16.8 Å². The first kappa shape index (κ1) is 22.9. The Morgan fingerprint density at radius 1 is 1.00 bits per heavy atom. The molecule has 10 heteroatoms. The lowest BCUT2D eigenvalue weighted by Crippen LogP contribution is -2.28. The summed E-state index contributed by atoms with van der Waals surface area (Å²) in [5.74, 6) is -1.41. The Morgan fingerprint density at radius 3 is 1.88 bits per heavy atom. The van der Waals surface area contributed by atoms with Crippen molar-refractivity contribution >= 4 is 11.7 Å². The van der Waals surface area contributed by atoms with Gasteiger partial charge in [-0.2, -0.15) is 26.3 Å². The van der Waals surface area contributed by atoms with Crippen LogP contribution in [0.25, 0.3) is 0 Å². The average molecular weight is 374 g/mol. The molecule has 0 radical (unpaired) electrons. The summed E-state index contributed by atoms with van der Waals surface area (Å²) < 4.78 is 76.3. The van der Waals surface area contributed by atoms with Crippen LogP contribution in [0.15, 0.2) is 12.1 Å². The second kappa shape index (κ2) is 8.82. The first-order chi connectivity index (χ1) is 11.5. The summed E-state index contributed by atoms with van der Waals surface area (Å²) >= 11 is 0. The molecule has 2 N–H and O–H groups in total. The molecule has 25 heavy (non-hydrogen) atoms. The minimum atomic E-state index is -5.18. The number of urea groups is 1. The van der Waals surface area contributed by atoms with E-state index in [0.29, 0.717) is 11.0 Å². The topological polar surface area (TPSA) is 52.6 Å². The van der Waals surface area contributed by atoms with Crippen LogP contribution in [0.2, 0.25) is 0 Å². The van der Waals surface area contributed by atoms with E-state index >= 15 is 0 Å². The number of carbonyl (C=O) groups is 1. The molecule has 1 fully saturated rings. The number of halogens is 6. The number of carbonyl (C=O) groups excluding carboxylic acids is 1. The van der Waals surface area contributed by atoms with Gasteiger partial charge in [0.1, 0.15) is 0 Å². The van der Waals surface area contributed by atoms with Gasteiger partial charge in [0, 0.05) is 13.1 Å². The summed E-state index contributed by atoms with van der Waals surface area (Å²) in [5.41, 5.74) is -4.26. The number of anilines is 1. The summed E-state index contributed by atoms with van der Waals surface area (Å²) in [6, 6.07) is -0.750. The van der Waals surface area contributed by atoms with Gasteiger partial charge in [-0.25, -0.2) is 4.79 Å². The number of amides is 2. The Hall–Kier alpha value is -2.13. The zero-order valence-corrected chi connectivity index (χ0v) is 14.1. The van der Waals surface area contributed by atoms with Crippen LogP contribution in [0.4, 0.5) is 36.8 Å². The van der Waals surface area contributed by atoms with Crippen molar-refractivity contribution in [3.05, 3.63) is 23.3 Å². The fraction of sp³-hybridized carbons (Fsp3) is 0.533. The lowest BCUT2D eigenvalue weighted by atomic mass is 10.1. The molecule has 4 nitrogen and oxygen atoms in total. The minimum absolute atomic E-state index is 0.0515. The quantitative estimate of drug-likeness (QED) is 0.679. The van der Waals surface area contributed by atoms with E-state index in [2.05, 4.69) is 5.32 Å². The van der Waals surface area contributed by atoms with Crippen LogP contribution in [0.3, 0.4) is 0 Å². The summed E-state index contributed by atoms with van der Waals surface area (Å²) in [7, 11) is 0. The Bertz CT molecular complexity index is 585. The summed E-state index contributed by atoms with van der Waals surface area (Å²) in [5, 5.41) is 11.8. The highest BCUT2D eigenvalue weighted by Crippen LogP contribution is 2.45. The molecular formula is C15H20F6N2O2. The molecule has 0 bridgehead atoms. The maximum atomic E-state index is 12.7. The normalized spacial score (nSPS) is 14.2. The summed E-state index contributed by atoms with van der Waals surface area (Å²) in [6.07, 6.45) is -10.2. The van der Waals surface area contributed by atoms with Gasteiger partial charge in [-0.1, -0.05) is 27.7 Å². The molecular weight excluding hydrogens is 354 g/mol. The molecule has 1 aliphatic rings. The lowest BCUT2D eigenvalue weighted by molar-refractivity contribution is -0.143. The molecule has 1 aliphatic heterocycles. The molecule has 2 rings (SSSR count). The molecule has 0 aliphatic carbocycles. The van der Waals surface area contributed by atoms with Crippen molar-refractivity contribution in [2.45, 2.75) is 40.0 Å². The number of phenolic OH excluding ortho intramolecular Hbond substituents is 1. The van der Waals surface area contributed by atoms with Gasteiger partial charge in [0.2, 0.25) is 0 Å². The van der Waals surface area contributed by atoms with E-state index in [9.17, 15) is 36.2 Å². The van der Waals surface area contributed by atoms with Crippen molar-refractivity contribution in [1.29, 1.82) is 0 Å². The number of phenols is 1. The van der Waals surface area contributed by atoms with E-state index in [-0.39, 0.29) is 19.2 Å². The fourth-order valence-electron chi connectivity index (χ4n) is 1.91. The number of alkyl halides is 6. The van der Waals surface area contributed by atoms with Crippen molar-refractivity contribution in [3.63, 3.8) is 0 Å². The molecule has 0 unspecified atom stereocenters. The number of rotatable bonds is 1. The number of nitrogens with zero attached hydrogens (tertiary/aromatic N) is 1. The Morgan fingerprint density at radius 2 is 1.52 bits per heavy atom. The number of benzene rings is 1. The van der Waals surface area contributed by atoms with Gasteiger partial charge < -0.3 is 10.4 Å². The zero-order valence-electron chi connectivity index (χ0n) is 14.1. The lowest BCUT2D eigenvalue weighted by Gasteiger charge is -2.21. The van der Waals surface area contributed by atoms with Crippen LogP contribution in [-0.2, 0) is 12.4 Å². The van der Waals surface area contributed by atoms with Crippen molar-refractivity contribution in [2.24, 2.45) is 0 Å². The Balaban J connectivity index is 0.00000134. The van der Waals surface area contributed by atoms with Crippen LogP contribution in [0.1, 0.15) is 38.8 Å². The molecule has 0 saturated carbocycles. The smallest absolute Gasteiger partial charge is 0.420 e. The molecule has 1 aromatic rings. The second-order valence-electron chi connectivity index (χ2n) is 4.27. The van der Waals surface area contributed by atoms with E-state index in [0.717, 1.165) is 0 Å². The number of hydrogen-bond donors (Lipinski definition) is 2. The second-order valence-corrected chi connectivity index (χ2v) is 4.27. The van der Waals surface area contributed by atoms with E-state index in [1.807, 2.05) is 27.7 Å². The maximum absolute atomic E-state index is 12.7. The van der Waals surface area contributed by atoms with Gasteiger partial charge in [0.25, 0.3) is 0 Å². The van der Waals surface area contributed by atoms with Gasteiger partial charge in [0.15, 0.2) is 5.75 Å². The summed E-state index contributed by atoms with van der Waals surface area (Å²) in [4.78, 5) is 12.0. The standard InChI is InChI=1S/C11H8F6N2O2.2C2H6/c12-10(13,14)5-3-6(11(15,16)17)8(20)7(4-5)19-2-1-18-9(19)21;2*1-2/h3-4,20H,1-2H2,(H,18,21);2*1-2H3. The van der Waals surface area contributed by atoms with Gasteiger partial charge in [-0.05, 0) is 12.1 Å². The minimum Gasteiger partial charge on any atom is -0.505 e. The van der Waals surface area contributed by atoms with E-state index < -0.39 is 40.9 Å². The number of hydrogen-bond acceptors (Lipinski definition) is 2. The first-order valence-corrected chi connectivity index (χ1v) is 7.58. The van der Waals surface area contributed by atoms with Crippen molar-refractivity contribution in [1.82, 2.24) is 5.32 Å². The predicted octanol–water partition coefficient (Wildman–Crippen LogP) is 5.01. The van der Waals surface area contributed by atoms with Gasteiger partial charge in [-0.15, -0.1) is 0 Å². The largest absolute Gasteiger partial charge is 0.505 e. The molecule has 2 amide bonds. The maximum Gasteiger partial charge on any atom is 0.420 e. The zero-order chi connectivity index (χ0) is 20.0. The Kier molecular flexibility index (Phi) is 8.07. The average Bonchev–Trinajstić information content (AvgIpc) is 2.95. The van der Waals surface area contributed by atoms with E-state index in [1.165, 1.54) is 0 Å². The predicted molar refractivity (Wildman–Crippen MR) is 81.6 cm³/mol. The molecule has 144 valence electrons. The van der Waals surface area contributed by atoms with Gasteiger partial charge >= 0.3 is 18.4 Å². The summed E-state index contributed by atoms with van der Waals surface area (Å²) in [6.45, 7) is 7.90. The third kappa shape index (κ3) is 5.43. The highest BCUT2D eigenvalue weighted by Gasteiger charge is 2.41. The molecule has 1 aromatic carbocycles. The van der Waals surface area contributed by atoms with Crippen LogP contribution in [0.5, 0.6) is 5.75 Å². The first-order valence-electron chi connectivity index (χ1n) is 7.58. The van der Waals surface area contributed by atoms with Gasteiger partial charge in [-0.3, -0.25) is 4.90 Å². The van der Waals surface area contributed by atoms with E-state index in [4.69, 9.17) is 0 Å². The van der Waals surface area contributed by atoms with Crippen molar-refractivity contribution in [3.8, 4) is 5.75 Å². The third-order valence-corrected chi connectivity index (χ3v) is 2.87. The number of nitrogens with one attached hydrogen (secondary N) is 1. The van der Waals surface area contributed by atoms with Crippen molar-refractivity contribution in [2.75, 3.05) is 18.0 Å². The molecule has 0 atom stereocenters. The van der Waals surface area contributed by atoms with Crippen LogP contribution >= 0.6 is 0 Å². The molecule has 1 heterocycles. The highest BCUT2D eigenvalue weighted by molar-refractivity contribution is 5.96. The monoisotopic (exact) mass is 374 g/mol. The fourth-order valence-corrected chi connectivity index (χ4v) is 1.91. The SMILES string of the molecule is CC.CC.O=C1NCCN1c1cc(C(F)(F)F)cc(C(F)(F)F)c1O. The Labute approximate surface area is 141 Å². The van der Waals surface area contributed by atoms with Crippen LogP contribution < -0.4 is 10.2 Å². The molecule has 1 saturated heterocycles. The van der Waals surface area contributed by atoms with Crippen molar-refractivity contribution < 1.29 is 36.2 Å². The number of aromatic hydroxyl groups is 1. The van der Waals surface area contributed by atoms with Crippen LogP contribution in [-0.4, -0.2) is 24.2 Å². The van der Waals surface area contributed by atoms with E-state index in [1.54, 1.807) is 0 Å². The van der Waals surface area contributed by atoms with Crippen LogP contribution in [0, 0.1) is 0 Å². The third-order valence-electron chi connectivity index (χ3n) is 2.87. The molecule has 0 spiro atoms.